The molecule has 3 heterocycles. The summed E-state index contributed by atoms with van der Waals surface area (Å²) < 4.78 is 24.9. The van der Waals surface area contributed by atoms with Crippen molar-refractivity contribution in [1.82, 2.24) is 20.0 Å². The van der Waals surface area contributed by atoms with E-state index < -0.39 is 6.04 Å². The van der Waals surface area contributed by atoms with Gasteiger partial charge in [-0.2, -0.15) is 5.10 Å². The van der Waals surface area contributed by atoms with Gasteiger partial charge in [0.25, 0.3) is 5.91 Å². The van der Waals surface area contributed by atoms with Gasteiger partial charge in [-0.15, -0.1) is 0 Å². The van der Waals surface area contributed by atoms with Gasteiger partial charge in [-0.1, -0.05) is 12.1 Å². The standard InChI is InChI=1S/C24H25FN4O3/c1-31-19-7-5-16(6-8-19)21-20-22(27-26-21)24(30)29(10-9-28-11-13-32-14-12-28)23(20)17-3-2-4-18(25)15-17/h2-8,15,23H,9-14H2,1H3,(H,26,27). The van der Waals surface area contributed by atoms with E-state index in [1.807, 2.05) is 35.2 Å². The summed E-state index contributed by atoms with van der Waals surface area (Å²) in [6, 6.07) is 13.6. The van der Waals surface area contributed by atoms with Crippen LogP contribution >= 0.6 is 0 Å². The lowest BCUT2D eigenvalue weighted by atomic mass is 9.96. The molecule has 1 atom stereocenters. The number of rotatable bonds is 6. The number of H-pyrrole nitrogens is 1. The highest BCUT2D eigenvalue weighted by atomic mass is 19.1. The van der Waals surface area contributed by atoms with E-state index in [0.29, 0.717) is 31.1 Å². The Bertz CT molecular complexity index is 1110. The molecule has 3 aromatic rings. The molecule has 1 amide bonds. The van der Waals surface area contributed by atoms with Gasteiger partial charge in [0.15, 0.2) is 0 Å². The number of benzene rings is 2. The van der Waals surface area contributed by atoms with Crippen LogP contribution in [0.5, 0.6) is 5.75 Å². The highest BCUT2D eigenvalue weighted by molar-refractivity contribution is 6.00. The Balaban J connectivity index is 1.52. The smallest absolute Gasteiger partial charge is 0.273 e. The van der Waals surface area contributed by atoms with E-state index in [0.717, 1.165) is 42.1 Å². The second-order valence-corrected chi connectivity index (χ2v) is 8.00. The third kappa shape index (κ3) is 3.76. The monoisotopic (exact) mass is 436 g/mol. The summed E-state index contributed by atoms with van der Waals surface area (Å²) in [5.74, 6) is 0.298. The van der Waals surface area contributed by atoms with E-state index in [4.69, 9.17) is 9.47 Å². The summed E-state index contributed by atoms with van der Waals surface area (Å²) in [5, 5.41) is 7.41. The summed E-state index contributed by atoms with van der Waals surface area (Å²) in [6.07, 6.45) is 0. The number of ether oxygens (including phenoxy) is 2. The summed E-state index contributed by atoms with van der Waals surface area (Å²) >= 11 is 0. The van der Waals surface area contributed by atoms with Gasteiger partial charge < -0.3 is 14.4 Å². The normalized spacial score (nSPS) is 18.8. The third-order valence-electron chi connectivity index (χ3n) is 6.15. The number of aromatic nitrogens is 2. The highest BCUT2D eigenvalue weighted by Gasteiger charge is 2.42. The van der Waals surface area contributed by atoms with E-state index in [9.17, 15) is 9.18 Å². The lowest BCUT2D eigenvalue weighted by Gasteiger charge is -2.31. The van der Waals surface area contributed by atoms with Crippen LogP contribution in [0.3, 0.4) is 0 Å². The summed E-state index contributed by atoms with van der Waals surface area (Å²) in [4.78, 5) is 17.5. The number of methoxy groups -OCH3 is 1. The van der Waals surface area contributed by atoms with E-state index in [1.54, 1.807) is 13.2 Å². The Morgan fingerprint density at radius 2 is 1.94 bits per heavy atom. The van der Waals surface area contributed by atoms with Crippen LogP contribution in [0.2, 0.25) is 0 Å². The van der Waals surface area contributed by atoms with E-state index in [1.165, 1.54) is 12.1 Å². The molecule has 2 aromatic carbocycles. The molecule has 1 aromatic heterocycles. The van der Waals surface area contributed by atoms with Crippen molar-refractivity contribution in [2.24, 2.45) is 0 Å². The zero-order chi connectivity index (χ0) is 22.1. The van der Waals surface area contributed by atoms with Gasteiger partial charge in [0.05, 0.1) is 32.1 Å². The van der Waals surface area contributed by atoms with Crippen molar-refractivity contribution in [2.45, 2.75) is 6.04 Å². The van der Waals surface area contributed by atoms with Crippen LogP contribution in [0, 0.1) is 5.82 Å². The Morgan fingerprint density at radius 1 is 1.16 bits per heavy atom. The zero-order valence-corrected chi connectivity index (χ0v) is 17.9. The molecule has 5 rings (SSSR count). The van der Waals surface area contributed by atoms with Crippen molar-refractivity contribution in [3.8, 4) is 17.0 Å². The number of halogens is 1. The van der Waals surface area contributed by atoms with Gasteiger partial charge in [0, 0.05) is 37.3 Å². The minimum Gasteiger partial charge on any atom is -0.497 e. The van der Waals surface area contributed by atoms with Crippen molar-refractivity contribution in [3.05, 3.63) is 71.2 Å². The maximum absolute atomic E-state index is 14.2. The predicted molar refractivity (Wildman–Crippen MR) is 117 cm³/mol. The summed E-state index contributed by atoms with van der Waals surface area (Å²) in [5.41, 5.74) is 3.54. The SMILES string of the molecule is COc1ccc(-c2n[nH]c3c2C(c2cccc(F)c2)N(CCN2CCOCC2)C3=O)cc1. The van der Waals surface area contributed by atoms with Crippen LogP contribution in [0.1, 0.15) is 27.7 Å². The van der Waals surface area contributed by atoms with Gasteiger partial charge >= 0.3 is 0 Å². The van der Waals surface area contributed by atoms with Crippen molar-refractivity contribution < 1.29 is 18.7 Å². The largest absolute Gasteiger partial charge is 0.497 e. The zero-order valence-electron chi connectivity index (χ0n) is 17.9. The number of carbonyl (C=O) groups excluding carboxylic acids is 1. The van der Waals surface area contributed by atoms with Gasteiger partial charge in [0.1, 0.15) is 17.3 Å². The number of morpholine rings is 1. The first-order chi connectivity index (χ1) is 15.7. The van der Waals surface area contributed by atoms with Crippen molar-refractivity contribution in [1.29, 1.82) is 0 Å². The number of amides is 1. The first-order valence-corrected chi connectivity index (χ1v) is 10.7. The fourth-order valence-corrected chi connectivity index (χ4v) is 4.49. The second kappa shape index (κ2) is 8.72. The van der Waals surface area contributed by atoms with Crippen LogP contribution in [-0.2, 0) is 4.74 Å². The number of fused-ring (bicyclic) bond motifs is 1. The fourth-order valence-electron chi connectivity index (χ4n) is 4.49. The lowest BCUT2D eigenvalue weighted by molar-refractivity contribution is 0.0316. The maximum atomic E-state index is 14.2. The molecule has 32 heavy (non-hydrogen) atoms. The van der Waals surface area contributed by atoms with Crippen LogP contribution in [0.15, 0.2) is 48.5 Å². The van der Waals surface area contributed by atoms with Crippen LogP contribution in [0.4, 0.5) is 4.39 Å². The molecular formula is C24H25FN4O3. The molecule has 2 aliphatic heterocycles. The molecule has 1 fully saturated rings. The number of carbonyl (C=O) groups is 1. The Labute approximate surface area is 185 Å². The van der Waals surface area contributed by atoms with Gasteiger partial charge in [-0.05, 0) is 42.0 Å². The third-order valence-corrected chi connectivity index (χ3v) is 6.15. The topological polar surface area (TPSA) is 70.7 Å². The Morgan fingerprint density at radius 3 is 2.66 bits per heavy atom. The molecule has 2 aliphatic rings. The van der Waals surface area contributed by atoms with E-state index in [-0.39, 0.29) is 11.7 Å². The van der Waals surface area contributed by atoms with Crippen molar-refractivity contribution >= 4 is 5.91 Å². The molecular weight excluding hydrogens is 411 g/mol. The number of aromatic amines is 1. The molecule has 8 heteroatoms. The number of nitrogens with zero attached hydrogens (tertiary/aromatic N) is 3. The average Bonchev–Trinajstić information content (AvgIpc) is 3.37. The van der Waals surface area contributed by atoms with E-state index >= 15 is 0 Å². The summed E-state index contributed by atoms with van der Waals surface area (Å²) in [6.45, 7) is 4.35. The first-order valence-electron chi connectivity index (χ1n) is 10.7. The molecule has 166 valence electrons. The molecule has 1 unspecified atom stereocenters. The van der Waals surface area contributed by atoms with Crippen LogP contribution in [-0.4, -0.2) is 72.4 Å². The molecule has 1 N–H and O–H groups in total. The molecule has 0 bridgehead atoms. The molecule has 0 spiro atoms. The molecule has 0 radical (unpaired) electrons. The Kier molecular flexibility index (Phi) is 5.63. The minimum absolute atomic E-state index is 0.116. The van der Waals surface area contributed by atoms with Crippen molar-refractivity contribution in [3.63, 3.8) is 0 Å². The Hall–Kier alpha value is -3.23. The molecule has 0 saturated carbocycles. The quantitative estimate of drug-likeness (QED) is 0.643. The number of nitrogens with one attached hydrogen (secondary N) is 1. The lowest BCUT2D eigenvalue weighted by Crippen LogP contribution is -2.42. The molecule has 1 saturated heterocycles. The van der Waals surface area contributed by atoms with Crippen molar-refractivity contribution in [2.75, 3.05) is 46.5 Å². The van der Waals surface area contributed by atoms with Crippen LogP contribution < -0.4 is 4.74 Å². The molecule has 0 aliphatic carbocycles. The van der Waals surface area contributed by atoms with Crippen LogP contribution in [0.25, 0.3) is 11.3 Å². The first kappa shape index (κ1) is 20.7. The fraction of sp³-hybridized carbons (Fsp3) is 0.333. The number of hydrogen-bond acceptors (Lipinski definition) is 5. The second-order valence-electron chi connectivity index (χ2n) is 8.00. The minimum atomic E-state index is -0.412. The average molecular weight is 436 g/mol. The summed E-state index contributed by atoms with van der Waals surface area (Å²) in [7, 11) is 1.62. The molecule has 7 nitrogen and oxygen atoms in total. The van der Waals surface area contributed by atoms with E-state index in [2.05, 4.69) is 15.1 Å². The predicted octanol–water partition coefficient (Wildman–Crippen LogP) is 3.10. The number of hydrogen-bond donors (Lipinski definition) is 1. The van der Waals surface area contributed by atoms with Gasteiger partial charge in [0.2, 0.25) is 0 Å². The highest BCUT2D eigenvalue weighted by Crippen LogP contribution is 2.42. The van der Waals surface area contributed by atoms with Gasteiger partial charge in [-0.3, -0.25) is 14.8 Å². The maximum Gasteiger partial charge on any atom is 0.273 e. The van der Waals surface area contributed by atoms with Gasteiger partial charge in [-0.25, -0.2) is 4.39 Å².